The van der Waals surface area contributed by atoms with Gasteiger partial charge in [-0.2, -0.15) is 0 Å². The van der Waals surface area contributed by atoms with E-state index in [0.29, 0.717) is 9.13 Å². The van der Waals surface area contributed by atoms with Gasteiger partial charge in [0.1, 0.15) is 5.82 Å². The number of rotatable bonds is 4. The van der Waals surface area contributed by atoms with Crippen LogP contribution in [0.15, 0.2) is 175 Å². The molecule has 11 rings (SSSR count). The molecule has 0 saturated heterocycles. The fourth-order valence-electron chi connectivity index (χ4n) is 6.50. The number of pyridine rings is 1. The Hall–Kier alpha value is -6.91. The standard InChI is InChI=1S/C48H32N4/c1-31-26-27-47-39(28-31)37-18-6-12-24-45(37)52(47)48-30-32(50-41-20-8-2-14-33(41)34-15-3-9-21-42(34)50)29-40(49-48)38-19-7-13-25-46(38)51-43-22-10-4-16-35(43)36-17-5-11-23-44(36)51/h2-30H,1H3/i2D,3D,4D,5D,6D,7D,8D,9D,10D,11D,12D,13D,14D,15D,16D,17D,18D,19D,20D,21D,22D,23D,24D,25D,26D,27D,28D,29D,30D. The molecule has 0 aliphatic carbocycles. The normalized spacial score (nSPS) is 19.8. The molecule has 0 N–H and O–H groups in total. The second-order valence-corrected chi connectivity index (χ2v) is 11.5. The van der Waals surface area contributed by atoms with E-state index in [1.807, 2.05) is 0 Å². The molecule has 0 saturated carbocycles. The second-order valence-electron chi connectivity index (χ2n) is 11.5. The Balaban J connectivity index is 1.51. The Labute approximate surface area is 340 Å². The topological polar surface area (TPSA) is 27.7 Å². The largest absolute Gasteiger partial charge is 0.309 e. The molecule has 11 aromatic rings. The predicted molar refractivity (Wildman–Crippen MR) is 217 cm³/mol. The molecular weight excluding hydrogens is 633 g/mol. The summed E-state index contributed by atoms with van der Waals surface area (Å²) in [6.07, 6.45) is 0. The molecule has 0 amide bonds. The minimum atomic E-state index is -1.18. The van der Waals surface area contributed by atoms with E-state index < -0.39 is 269 Å². The van der Waals surface area contributed by atoms with E-state index in [4.69, 9.17) is 29.7 Å². The lowest BCUT2D eigenvalue weighted by Crippen LogP contribution is -2.04. The van der Waals surface area contributed by atoms with Crippen LogP contribution in [-0.4, -0.2) is 18.7 Å². The first-order chi connectivity index (χ1) is 37.8. The summed E-state index contributed by atoms with van der Waals surface area (Å²) in [5, 5.41) is -3.15. The van der Waals surface area contributed by atoms with Gasteiger partial charge in [-0.3, -0.25) is 4.57 Å². The van der Waals surface area contributed by atoms with Crippen LogP contribution in [0.2, 0.25) is 0 Å². The fourth-order valence-corrected chi connectivity index (χ4v) is 6.50. The SMILES string of the molecule is [2H]c1c([2H])c([2H])c(-n2c3c([2H])c([2H])c([2H])c([2H])c3c3c([2H])c([2H])c([2H])c([2H])c32)c(-c2nc(-n3c4c([2H])c([2H])c([2H])c([2H])c4c4c([2H])c(C)c([2H])c([2H])c43)c([2H])c(-n3c4c([2H])c([2H])c([2H])c([2H])c4c4c([2H])c([2H])c([2H])c([2H])c43)c2[2H])c1[2H]. The number of para-hydroxylation sites is 6. The Morgan fingerprint density at radius 2 is 0.846 bits per heavy atom. The summed E-state index contributed by atoms with van der Waals surface area (Å²) in [5.74, 6) is -0.974. The maximum absolute atomic E-state index is 10.3. The summed E-state index contributed by atoms with van der Waals surface area (Å²) in [7, 11) is 0. The lowest BCUT2D eigenvalue weighted by molar-refractivity contribution is 1.06. The molecule has 0 radical (unpaired) electrons. The molecule has 4 heteroatoms. The number of fused-ring (bicyclic) bond motifs is 9. The van der Waals surface area contributed by atoms with Crippen molar-refractivity contribution in [1.29, 1.82) is 0 Å². The average molecular weight is 694 g/mol. The Kier molecular flexibility index (Phi) is 2.63. The Bertz CT molecular complexity index is 4650. The molecule has 0 fully saturated rings. The van der Waals surface area contributed by atoms with Gasteiger partial charge in [0.25, 0.3) is 0 Å². The molecule has 4 nitrogen and oxygen atoms in total. The van der Waals surface area contributed by atoms with E-state index in [2.05, 4.69) is 0 Å². The van der Waals surface area contributed by atoms with Gasteiger partial charge < -0.3 is 9.13 Å². The van der Waals surface area contributed by atoms with Gasteiger partial charge in [-0.1, -0.05) is 120 Å². The molecule has 4 aromatic heterocycles. The van der Waals surface area contributed by atoms with Crippen molar-refractivity contribution in [3.8, 4) is 28.5 Å². The van der Waals surface area contributed by atoms with Crippen molar-refractivity contribution >= 4 is 65.4 Å². The minimum absolute atomic E-state index is 0.151. The maximum Gasteiger partial charge on any atom is 0.140 e. The van der Waals surface area contributed by atoms with E-state index in [1.165, 1.54) is 6.92 Å². The first-order valence-corrected chi connectivity index (χ1v) is 15.5. The summed E-state index contributed by atoms with van der Waals surface area (Å²) in [6.45, 7) is 1.29. The van der Waals surface area contributed by atoms with Gasteiger partial charge in [-0.05, 0) is 61.3 Å². The third kappa shape index (κ3) is 4.12. The van der Waals surface area contributed by atoms with Crippen molar-refractivity contribution in [3.05, 3.63) is 181 Å². The summed E-state index contributed by atoms with van der Waals surface area (Å²) < 4.78 is 267. The molecule has 0 unspecified atom stereocenters. The zero-order valence-corrected chi connectivity index (χ0v) is 26.3. The minimum Gasteiger partial charge on any atom is -0.309 e. The van der Waals surface area contributed by atoms with Gasteiger partial charge in [0.2, 0.25) is 0 Å². The van der Waals surface area contributed by atoms with E-state index in [-0.39, 0.29) is 5.56 Å². The highest BCUT2D eigenvalue weighted by atomic mass is 15.1. The van der Waals surface area contributed by atoms with E-state index >= 15 is 0 Å². The van der Waals surface area contributed by atoms with Crippen molar-refractivity contribution in [2.75, 3.05) is 0 Å². The van der Waals surface area contributed by atoms with E-state index in [0.717, 1.165) is 4.57 Å². The van der Waals surface area contributed by atoms with E-state index in [9.17, 15) is 15.1 Å². The van der Waals surface area contributed by atoms with Crippen LogP contribution in [0.5, 0.6) is 0 Å². The third-order valence-electron chi connectivity index (χ3n) is 8.60. The number of aromatic nitrogens is 4. The van der Waals surface area contributed by atoms with Crippen molar-refractivity contribution < 1.29 is 39.8 Å². The lowest BCUT2D eigenvalue weighted by atomic mass is 10.1. The molecular formula is C48H32N4. The highest BCUT2D eigenvalue weighted by Crippen LogP contribution is 2.39. The van der Waals surface area contributed by atoms with Crippen LogP contribution in [0.4, 0.5) is 0 Å². The van der Waals surface area contributed by atoms with Gasteiger partial charge in [0.05, 0.1) is 89.9 Å². The molecule has 4 heterocycles. The van der Waals surface area contributed by atoms with E-state index in [1.54, 1.807) is 0 Å². The van der Waals surface area contributed by atoms with Crippen LogP contribution in [0.25, 0.3) is 93.9 Å². The number of nitrogens with zero attached hydrogens (tertiary/aromatic N) is 4. The number of benzene rings is 7. The average Bonchev–Trinajstić information content (AvgIpc) is 4.24. The first-order valence-electron chi connectivity index (χ1n) is 30.0. The smallest absolute Gasteiger partial charge is 0.140 e. The molecule has 52 heavy (non-hydrogen) atoms. The predicted octanol–water partition coefficient (Wildman–Crippen LogP) is 12.3. The highest BCUT2D eigenvalue weighted by molar-refractivity contribution is 6.12. The molecule has 0 bridgehead atoms. The zero-order valence-electron chi connectivity index (χ0n) is 55.3. The van der Waals surface area contributed by atoms with Gasteiger partial charge in [-0.25, -0.2) is 4.98 Å². The van der Waals surface area contributed by atoms with Gasteiger partial charge in [0, 0.05) is 43.9 Å². The van der Waals surface area contributed by atoms with Crippen LogP contribution in [0.1, 0.15) is 45.3 Å². The maximum atomic E-state index is 10.3. The van der Waals surface area contributed by atoms with Crippen molar-refractivity contribution in [2.45, 2.75) is 6.92 Å². The lowest BCUT2D eigenvalue weighted by Gasteiger charge is -2.17. The van der Waals surface area contributed by atoms with Gasteiger partial charge in [0.15, 0.2) is 0 Å². The fraction of sp³-hybridized carbons (Fsp3) is 0.0208. The summed E-state index contributed by atoms with van der Waals surface area (Å²) in [4.78, 5) is 4.70. The second kappa shape index (κ2) is 11.0. The molecule has 0 spiro atoms. The Morgan fingerprint density at radius 1 is 0.404 bits per heavy atom. The van der Waals surface area contributed by atoms with Crippen LogP contribution >= 0.6 is 0 Å². The zero-order chi connectivity index (χ0) is 59.6. The highest BCUT2D eigenvalue weighted by Gasteiger charge is 2.21. The third-order valence-corrected chi connectivity index (χ3v) is 8.60. The summed E-state index contributed by atoms with van der Waals surface area (Å²) in [5.41, 5.74) is -8.10. The monoisotopic (exact) mass is 693 g/mol. The summed E-state index contributed by atoms with van der Waals surface area (Å²) in [6, 6.07) is -26.8. The number of hydrogen-bond donors (Lipinski definition) is 0. The first kappa shape index (κ1) is 12.4. The van der Waals surface area contributed by atoms with Gasteiger partial charge in [-0.15, -0.1) is 0 Å². The van der Waals surface area contributed by atoms with Crippen LogP contribution in [-0.2, 0) is 0 Å². The quantitative estimate of drug-likeness (QED) is 0.180. The molecule has 244 valence electrons. The molecule has 0 aliphatic rings. The van der Waals surface area contributed by atoms with Crippen molar-refractivity contribution in [1.82, 2.24) is 18.7 Å². The van der Waals surface area contributed by atoms with Crippen molar-refractivity contribution in [3.63, 3.8) is 0 Å². The Morgan fingerprint density at radius 3 is 1.42 bits per heavy atom. The molecule has 0 atom stereocenters. The molecule has 7 aromatic carbocycles. The van der Waals surface area contributed by atoms with Gasteiger partial charge >= 0.3 is 0 Å². The molecule has 0 aliphatic heterocycles. The van der Waals surface area contributed by atoms with Crippen molar-refractivity contribution in [2.24, 2.45) is 0 Å². The number of hydrogen-bond acceptors (Lipinski definition) is 1. The van der Waals surface area contributed by atoms with Crippen LogP contribution in [0, 0.1) is 6.92 Å². The summed E-state index contributed by atoms with van der Waals surface area (Å²) >= 11 is 0. The van der Waals surface area contributed by atoms with Crippen LogP contribution < -0.4 is 0 Å². The van der Waals surface area contributed by atoms with Crippen LogP contribution in [0.3, 0.4) is 0 Å².